The van der Waals surface area contributed by atoms with Crippen molar-refractivity contribution in [3.05, 3.63) is 42.7 Å². The molecule has 1 aliphatic heterocycles. The Morgan fingerprint density at radius 3 is 2.62 bits per heavy atom. The van der Waals surface area contributed by atoms with Gasteiger partial charge in [-0.2, -0.15) is 0 Å². The number of ether oxygens (including phenoxy) is 1. The highest BCUT2D eigenvalue weighted by molar-refractivity contribution is 5.92. The zero-order valence-electron chi connectivity index (χ0n) is 13.7. The number of anilines is 2. The Kier molecular flexibility index (Phi) is 5.22. The third-order valence-corrected chi connectivity index (χ3v) is 3.93. The highest BCUT2D eigenvalue weighted by Crippen LogP contribution is 2.16. The van der Waals surface area contributed by atoms with E-state index in [1.807, 2.05) is 30.3 Å². The molecule has 7 nitrogen and oxygen atoms in total. The number of hydrogen-bond acceptors (Lipinski definition) is 6. The fourth-order valence-electron chi connectivity index (χ4n) is 2.66. The molecule has 0 radical (unpaired) electrons. The number of carbonyl (C=O) groups excluding carboxylic acids is 1. The van der Waals surface area contributed by atoms with Crippen LogP contribution in [0.15, 0.2) is 42.7 Å². The Labute approximate surface area is 141 Å². The standard InChI is InChI=1S/C17H21N5O2/c1-24-15-5-2-4-14(12-15)20-16(23)13-21-8-10-22(11-9-21)17-18-6-3-7-19-17/h2-7,12H,8-11,13H2,1H3,(H,20,23). The molecule has 1 N–H and O–H groups in total. The predicted molar refractivity (Wildman–Crippen MR) is 92.3 cm³/mol. The van der Waals surface area contributed by atoms with Crippen molar-refractivity contribution in [2.24, 2.45) is 0 Å². The molecule has 1 amide bonds. The first kappa shape index (κ1) is 16.2. The van der Waals surface area contributed by atoms with Crippen LogP contribution in [0.3, 0.4) is 0 Å². The van der Waals surface area contributed by atoms with E-state index in [4.69, 9.17) is 4.74 Å². The van der Waals surface area contributed by atoms with Gasteiger partial charge in [0.05, 0.1) is 13.7 Å². The van der Waals surface area contributed by atoms with E-state index < -0.39 is 0 Å². The highest BCUT2D eigenvalue weighted by atomic mass is 16.5. The number of piperazine rings is 1. The lowest BCUT2D eigenvalue weighted by Gasteiger charge is -2.34. The molecule has 0 bridgehead atoms. The maximum Gasteiger partial charge on any atom is 0.238 e. The van der Waals surface area contributed by atoms with Gasteiger partial charge in [0.2, 0.25) is 11.9 Å². The van der Waals surface area contributed by atoms with Gasteiger partial charge in [0.1, 0.15) is 5.75 Å². The summed E-state index contributed by atoms with van der Waals surface area (Å²) < 4.78 is 5.16. The molecule has 1 aromatic heterocycles. The average molecular weight is 327 g/mol. The van der Waals surface area contributed by atoms with E-state index in [-0.39, 0.29) is 5.91 Å². The van der Waals surface area contributed by atoms with Crippen molar-refractivity contribution in [2.45, 2.75) is 0 Å². The van der Waals surface area contributed by atoms with Crippen LogP contribution in [0.1, 0.15) is 0 Å². The zero-order valence-corrected chi connectivity index (χ0v) is 13.7. The molecule has 126 valence electrons. The molecule has 2 aromatic rings. The van der Waals surface area contributed by atoms with Crippen molar-refractivity contribution in [3.63, 3.8) is 0 Å². The second-order valence-electron chi connectivity index (χ2n) is 5.59. The number of nitrogens with zero attached hydrogens (tertiary/aromatic N) is 4. The summed E-state index contributed by atoms with van der Waals surface area (Å²) in [7, 11) is 1.61. The topological polar surface area (TPSA) is 70.6 Å². The number of amides is 1. The van der Waals surface area contributed by atoms with Gasteiger partial charge in [-0.15, -0.1) is 0 Å². The van der Waals surface area contributed by atoms with Crippen molar-refractivity contribution in [3.8, 4) is 5.75 Å². The van der Waals surface area contributed by atoms with Crippen LogP contribution >= 0.6 is 0 Å². The number of carbonyl (C=O) groups is 1. The quantitative estimate of drug-likeness (QED) is 0.891. The predicted octanol–water partition coefficient (Wildman–Crippen LogP) is 1.25. The van der Waals surface area contributed by atoms with Crippen LogP contribution in [0.4, 0.5) is 11.6 Å². The summed E-state index contributed by atoms with van der Waals surface area (Å²) in [6, 6.07) is 9.17. The summed E-state index contributed by atoms with van der Waals surface area (Å²) in [6.07, 6.45) is 3.49. The third-order valence-electron chi connectivity index (χ3n) is 3.93. The lowest BCUT2D eigenvalue weighted by molar-refractivity contribution is -0.117. The van der Waals surface area contributed by atoms with Gasteiger partial charge in [0.15, 0.2) is 0 Å². The molecule has 0 atom stereocenters. The highest BCUT2D eigenvalue weighted by Gasteiger charge is 2.20. The molecule has 2 heterocycles. The van der Waals surface area contributed by atoms with Gasteiger partial charge >= 0.3 is 0 Å². The summed E-state index contributed by atoms with van der Waals surface area (Å²) in [5.41, 5.74) is 0.746. The molecular formula is C17H21N5O2. The van der Waals surface area contributed by atoms with Gasteiger partial charge in [-0.3, -0.25) is 9.69 Å². The SMILES string of the molecule is COc1cccc(NC(=O)CN2CCN(c3ncccn3)CC2)c1. The van der Waals surface area contributed by atoms with Crippen molar-refractivity contribution in [1.82, 2.24) is 14.9 Å². The van der Waals surface area contributed by atoms with E-state index >= 15 is 0 Å². The van der Waals surface area contributed by atoms with Gasteiger partial charge in [-0.1, -0.05) is 6.07 Å². The lowest BCUT2D eigenvalue weighted by atomic mass is 10.3. The Hall–Kier alpha value is -2.67. The molecule has 1 aliphatic rings. The van der Waals surface area contributed by atoms with Gasteiger partial charge in [-0.05, 0) is 18.2 Å². The number of aromatic nitrogens is 2. The number of methoxy groups -OCH3 is 1. The number of rotatable bonds is 5. The first-order chi connectivity index (χ1) is 11.7. The van der Waals surface area contributed by atoms with Crippen LogP contribution in [0.25, 0.3) is 0 Å². The van der Waals surface area contributed by atoms with E-state index in [1.54, 1.807) is 19.5 Å². The molecule has 1 aromatic carbocycles. The maximum atomic E-state index is 12.2. The van der Waals surface area contributed by atoms with Crippen LogP contribution in [0, 0.1) is 0 Å². The molecule has 24 heavy (non-hydrogen) atoms. The minimum absolute atomic E-state index is 0.0207. The summed E-state index contributed by atoms with van der Waals surface area (Å²) in [5.74, 6) is 1.45. The largest absolute Gasteiger partial charge is 0.497 e. The van der Waals surface area contributed by atoms with Gasteiger partial charge in [0.25, 0.3) is 0 Å². The molecule has 0 unspecified atom stereocenters. The van der Waals surface area contributed by atoms with Crippen LogP contribution in [-0.2, 0) is 4.79 Å². The summed E-state index contributed by atoms with van der Waals surface area (Å²) in [5, 5.41) is 2.91. The zero-order chi connectivity index (χ0) is 16.8. The Bertz CT molecular complexity index is 672. The van der Waals surface area contributed by atoms with Crippen LogP contribution in [0.5, 0.6) is 5.75 Å². The van der Waals surface area contributed by atoms with Crippen molar-refractivity contribution >= 4 is 17.5 Å². The van der Waals surface area contributed by atoms with Crippen molar-refractivity contribution in [1.29, 1.82) is 0 Å². The third kappa shape index (κ3) is 4.20. The fourth-order valence-corrected chi connectivity index (χ4v) is 2.66. The minimum Gasteiger partial charge on any atom is -0.497 e. The summed E-state index contributed by atoms with van der Waals surface area (Å²) in [4.78, 5) is 25.0. The first-order valence-corrected chi connectivity index (χ1v) is 7.93. The van der Waals surface area contributed by atoms with Crippen LogP contribution in [0.2, 0.25) is 0 Å². The molecular weight excluding hydrogens is 306 g/mol. The molecule has 1 saturated heterocycles. The smallest absolute Gasteiger partial charge is 0.238 e. The van der Waals surface area contributed by atoms with Crippen LogP contribution < -0.4 is 15.0 Å². The molecule has 0 saturated carbocycles. The van der Waals surface area contributed by atoms with E-state index in [0.29, 0.717) is 6.54 Å². The molecule has 3 rings (SSSR count). The Morgan fingerprint density at radius 1 is 1.17 bits per heavy atom. The second kappa shape index (κ2) is 7.74. The molecule has 7 heteroatoms. The summed E-state index contributed by atoms with van der Waals surface area (Å²) >= 11 is 0. The Balaban J connectivity index is 1.48. The van der Waals surface area contributed by atoms with Crippen LogP contribution in [-0.4, -0.2) is 60.6 Å². The average Bonchev–Trinajstić information content (AvgIpc) is 2.63. The Morgan fingerprint density at radius 2 is 1.92 bits per heavy atom. The first-order valence-electron chi connectivity index (χ1n) is 7.93. The van der Waals surface area contributed by atoms with E-state index in [2.05, 4.69) is 25.1 Å². The van der Waals surface area contributed by atoms with Crippen molar-refractivity contribution in [2.75, 3.05) is 50.1 Å². The molecule has 0 spiro atoms. The number of hydrogen-bond donors (Lipinski definition) is 1. The monoisotopic (exact) mass is 327 g/mol. The molecule has 1 fully saturated rings. The lowest BCUT2D eigenvalue weighted by Crippen LogP contribution is -2.49. The van der Waals surface area contributed by atoms with Gasteiger partial charge in [0, 0.05) is 50.3 Å². The second-order valence-corrected chi connectivity index (χ2v) is 5.59. The molecule has 0 aliphatic carbocycles. The maximum absolute atomic E-state index is 12.2. The van der Waals surface area contributed by atoms with Gasteiger partial charge in [-0.25, -0.2) is 9.97 Å². The summed E-state index contributed by atoms with van der Waals surface area (Å²) in [6.45, 7) is 3.63. The van der Waals surface area contributed by atoms with E-state index in [1.165, 1.54) is 0 Å². The number of benzene rings is 1. The fraction of sp³-hybridized carbons (Fsp3) is 0.353. The van der Waals surface area contributed by atoms with E-state index in [9.17, 15) is 4.79 Å². The minimum atomic E-state index is -0.0207. The van der Waals surface area contributed by atoms with E-state index in [0.717, 1.165) is 43.6 Å². The normalized spacial score (nSPS) is 15.1. The number of nitrogens with one attached hydrogen (secondary N) is 1. The van der Waals surface area contributed by atoms with Crippen molar-refractivity contribution < 1.29 is 9.53 Å². The van der Waals surface area contributed by atoms with Gasteiger partial charge < -0.3 is 15.0 Å².